The minimum absolute atomic E-state index is 0.237. The van der Waals surface area contributed by atoms with Gasteiger partial charge in [-0.05, 0) is 24.3 Å². The smallest absolute Gasteiger partial charge is 0.284 e. The maximum atomic E-state index is 12.4. The molecule has 1 unspecified atom stereocenters. The third kappa shape index (κ3) is 4.18. The third-order valence-corrected chi connectivity index (χ3v) is 3.62. The third-order valence-electron chi connectivity index (χ3n) is 3.62. The summed E-state index contributed by atoms with van der Waals surface area (Å²) in [6.45, 7) is 1.91. The number of nitrogens with one attached hydrogen (secondary N) is 1. The maximum Gasteiger partial charge on any atom is 0.284 e. The summed E-state index contributed by atoms with van der Waals surface area (Å²) >= 11 is 0. The molecule has 2 amide bonds. The molecule has 0 fully saturated rings. The van der Waals surface area contributed by atoms with Gasteiger partial charge in [0.1, 0.15) is 12.4 Å². The Labute approximate surface area is 151 Å². The van der Waals surface area contributed by atoms with E-state index in [4.69, 9.17) is 9.47 Å². The monoisotopic (exact) mass is 353 g/mol. The highest BCUT2D eigenvalue weighted by Crippen LogP contribution is 2.17. The van der Waals surface area contributed by atoms with Gasteiger partial charge >= 0.3 is 0 Å². The van der Waals surface area contributed by atoms with E-state index in [1.54, 1.807) is 12.1 Å². The number of carbonyl (C=O) groups excluding carboxylic acids is 2. The Hall–Kier alpha value is -3.35. The van der Waals surface area contributed by atoms with E-state index in [9.17, 15) is 9.59 Å². The molecule has 134 valence electrons. The molecule has 0 saturated heterocycles. The fourth-order valence-electron chi connectivity index (χ4n) is 2.38. The van der Waals surface area contributed by atoms with Crippen LogP contribution < -0.4 is 10.1 Å². The van der Waals surface area contributed by atoms with Gasteiger partial charge in [-0.2, -0.15) is 5.01 Å². The molecule has 0 aromatic heterocycles. The van der Waals surface area contributed by atoms with E-state index in [0.29, 0.717) is 12.2 Å². The molecule has 1 aliphatic heterocycles. The fourth-order valence-corrected chi connectivity index (χ4v) is 2.38. The van der Waals surface area contributed by atoms with E-state index < -0.39 is 12.1 Å². The molecule has 7 heteroatoms. The van der Waals surface area contributed by atoms with Gasteiger partial charge in [-0.15, -0.1) is 5.10 Å². The number of para-hydroxylation sites is 1. The van der Waals surface area contributed by atoms with E-state index in [-0.39, 0.29) is 18.3 Å². The number of nitrogens with zero attached hydrogens (tertiary/aromatic N) is 2. The lowest BCUT2D eigenvalue weighted by Crippen LogP contribution is -2.46. The Morgan fingerprint density at radius 2 is 1.77 bits per heavy atom. The standard InChI is InChI=1S/C19H19N3O4/c1-14(23)22-19(26-18(21-22)15-8-4-2-5-9-15)17(24)20-12-13-25-16-10-6-3-7-11-16/h2-11,19H,12-13H2,1H3,(H,20,24). The Balaban J connectivity index is 1.55. The van der Waals surface area contributed by atoms with Gasteiger partial charge in [0.25, 0.3) is 12.1 Å². The molecule has 2 aromatic rings. The largest absolute Gasteiger partial charge is 0.492 e. The highest BCUT2D eigenvalue weighted by atomic mass is 16.5. The number of hydrogen-bond donors (Lipinski definition) is 1. The van der Waals surface area contributed by atoms with Gasteiger partial charge in [-0.25, -0.2) is 0 Å². The number of hydrazone groups is 1. The van der Waals surface area contributed by atoms with Crippen molar-refractivity contribution in [3.63, 3.8) is 0 Å². The quantitative estimate of drug-likeness (QED) is 0.803. The van der Waals surface area contributed by atoms with Crippen molar-refractivity contribution >= 4 is 17.7 Å². The summed E-state index contributed by atoms with van der Waals surface area (Å²) < 4.78 is 11.1. The second kappa shape index (κ2) is 8.15. The Morgan fingerprint density at radius 3 is 2.42 bits per heavy atom. The topological polar surface area (TPSA) is 80.2 Å². The lowest BCUT2D eigenvalue weighted by atomic mass is 10.2. The molecular formula is C19H19N3O4. The number of amides is 2. The van der Waals surface area contributed by atoms with Crippen LogP contribution in [-0.2, 0) is 14.3 Å². The number of benzene rings is 2. The van der Waals surface area contributed by atoms with Crippen molar-refractivity contribution in [3.05, 3.63) is 66.2 Å². The zero-order valence-corrected chi connectivity index (χ0v) is 14.3. The minimum Gasteiger partial charge on any atom is -0.492 e. The first-order valence-corrected chi connectivity index (χ1v) is 8.21. The lowest BCUT2D eigenvalue weighted by molar-refractivity contribution is -0.146. The second-order valence-corrected chi connectivity index (χ2v) is 5.56. The molecule has 0 bridgehead atoms. The summed E-state index contributed by atoms with van der Waals surface area (Å²) in [7, 11) is 0. The average molecular weight is 353 g/mol. The van der Waals surface area contributed by atoms with Gasteiger partial charge in [0.2, 0.25) is 11.8 Å². The van der Waals surface area contributed by atoms with Gasteiger partial charge in [-0.1, -0.05) is 36.4 Å². The number of carbonyl (C=O) groups is 2. The Bertz CT molecular complexity index is 793. The maximum absolute atomic E-state index is 12.4. The molecule has 1 N–H and O–H groups in total. The predicted octanol–water partition coefficient (Wildman–Crippen LogP) is 1.75. The van der Waals surface area contributed by atoms with Crippen LogP contribution in [0.1, 0.15) is 12.5 Å². The molecule has 0 radical (unpaired) electrons. The fraction of sp³-hybridized carbons (Fsp3) is 0.211. The molecule has 1 atom stereocenters. The van der Waals surface area contributed by atoms with Gasteiger partial charge < -0.3 is 14.8 Å². The summed E-state index contributed by atoms with van der Waals surface area (Å²) in [6.07, 6.45) is -1.13. The van der Waals surface area contributed by atoms with E-state index >= 15 is 0 Å². The first kappa shape index (κ1) is 17.5. The van der Waals surface area contributed by atoms with Gasteiger partial charge in [0, 0.05) is 12.5 Å². The van der Waals surface area contributed by atoms with Crippen molar-refractivity contribution in [3.8, 4) is 5.75 Å². The highest BCUT2D eigenvalue weighted by molar-refractivity contribution is 5.99. The molecule has 1 aliphatic rings. The summed E-state index contributed by atoms with van der Waals surface area (Å²) in [4.78, 5) is 24.2. The number of hydrogen-bond acceptors (Lipinski definition) is 5. The van der Waals surface area contributed by atoms with E-state index in [1.165, 1.54) is 6.92 Å². The van der Waals surface area contributed by atoms with Crippen LogP contribution in [0.4, 0.5) is 0 Å². The molecule has 0 aliphatic carbocycles. The first-order valence-electron chi connectivity index (χ1n) is 8.21. The minimum atomic E-state index is -1.13. The SMILES string of the molecule is CC(=O)N1N=C(c2ccccc2)OC1C(=O)NCCOc1ccccc1. The molecule has 3 rings (SSSR count). The van der Waals surface area contributed by atoms with Crippen LogP contribution in [0.5, 0.6) is 5.75 Å². The molecule has 1 heterocycles. The summed E-state index contributed by atoms with van der Waals surface area (Å²) in [6, 6.07) is 18.4. The highest BCUT2D eigenvalue weighted by Gasteiger charge is 2.37. The molecular weight excluding hydrogens is 334 g/mol. The summed E-state index contributed by atoms with van der Waals surface area (Å²) in [5, 5.41) is 7.86. The number of ether oxygens (including phenoxy) is 2. The van der Waals surface area contributed by atoms with Crippen molar-refractivity contribution in [1.82, 2.24) is 10.3 Å². The van der Waals surface area contributed by atoms with Crippen LogP contribution in [0.15, 0.2) is 65.8 Å². The zero-order chi connectivity index (χ0) is 18.4. The average Bonchev–Trinajstić information content (AvgIpc) is 3.13. The van der Waals surface area contributed by atoms with Crippen LogP contribution in [0.3, 0.4) is 0 Å². The zero-order valence-electron chi connectivity index (χ0n) is 14.3. The van der Waals surface area contributed by atoms with E-state index in [2.05, 4.69) is 10.4 Å². The van der Waals surface area contributed by atoms with Crippen LogP contribution in [0.25, 0.3) is 0 Å². The van der Waals surface area contributed by atoms with Crippen LogP contribution in [-0.4, -0.2) is 42.1 Å². The summed E-state index contributed by atoms with van der Waals surface area (Å²) in [5.74, 6) is 0.128. The van der Waals surface area contributed by atoms with Crippen LogP contribution in [0.2, 0.25) is 0 Å². The van der Waals surface area contributed by atoms with Crippen LogP contribution in [0, 0.1) is 0 Å². The van der Waals surface area contributed by atoms with Crippen molar-refractivity contribution in [2.75, 3.05) is 13.2 Å². The molecule has 0 saturated carbocycles. The van der Waals surface area contributed by atoms with Gasteiger partial charge in [0.05, 0.1) is 6.54 Å². The molecule has 0 spiro atoms. The van der Waals surface area contributed by atoms with Gasteiger partial charge in [-0.3, -0.25) is 9.59 Å². The van der Waals surface area contributed by atoms with Crippen molar-refractivity contribution < 1.29 is 19.1 Å². The Kier molecular flexibility index (Phi) is 5.48. The van der Waals surface area contributed by atoms with Crippen molar-refractivity contribution in [2.45, 2.75) is 13.2 Å². The van der Waals surface area contributed by atoms with E-state index in [0.717, 1.165) is 10.8 Å². The second-order valence-electron chi connectivity index (χ2n) is 5.56. The summed E-state index contributed by atoms with van der Waals surface area (Å²) in [5.41, 5.74) is 0.696. The molecule has 26 heavy (non-hydrogen) atoms. The van der Waals surface area contributed by atoms with Crippen LogP contribution >= 0.6 is 0 Å². The van der Waals surface area contributed by atoms with Crippen molar-refractivity contribution in [2.24, 2.45) is 5.10 Å². The predicted molar refractivity (Wildman–Crippen MR) is 95.3 cm³/mol. The van der Waals surface area contributed by atoms with E-state index in [1.807, 2.05) is 48.5 Å². The molecule has 7 nitrogen and oxygen atoms in total. The molecule has 2 aromatic carbocycles. The lowest BCUT2D eigenvalue weighted by Gasteiger charge is -2.18. The first-order chi connectivity index (χ1) is 12.6. The van der Waals surface area contributed by atoms with Gasteiger partial charge in [0.15, 0.2) is 0 Å². The number of rotatable bonds is 6. The van der Waals surface area contributed by atoms with Crippen molar-refractivity contribution in [1.29, 1.82) is 0 Å². The Morgan fingerprint density at radius 1 is 1.12 bits per heavy atom. The normalized spacial score (nSPS) is 15.8.